The lowest BCUT2D eigenvalue weighted by atomic mass is 9.81. The fourth-order valence-electron chi connectivity index (χ4n) is 3.08. The first-order valence-corrected chi connectivity index (χ1v) is 7.44. The van der Waals surface area contributed by atoms with Crippen molar-refractivity contribution < 1.29 is 19.9 Å². The molecule has 0 bridgehead atoms. The van der Waals surface area contributed by atoms with Gasteiger partial charge in [0, 0.05) is 11.6 Å². The van der Waals surface area contributed by atoms with Gasteiger partial charge in [-0.05, 0) is 18.8 Å². The van der Waals surface area contributed by atoms with E-state index in [9.17, 15) is 20.3 Å². The summed E-state index contributed by atoms with van der Waals surface area (Å²) in [6.45, 7) is 0. The van der Waals surface area contributed by atoms with Gasteiger partial charge in [-0.25, -0.2) is 0 Å². The van der Waals surface area contributed by atoms with Gasteiger partial charge in [-0.3, -0.25) is 10.1 Å². The number of nitrogens with two attached hydrogens (primary N) is 1. The van der Waals surface area contributed by atoms with Crippen LogP contribution in [0.5, 0.6) is 11.5 Å². The van der Waals surface area contributed by atoms with Crippen molar-refractivity contribution in [3.8, 4) is 11.5 Å². The number of non-ortho nitro benzene ring substituents is 1. The van der Waals surface area contributed by atoms with Crippen LogP contribution in [0.25, 0.3) is 0 Å². The molecule has 2 rings (SSSR count). The Bertz CT molecular complexity index is 549. The maximum atomic E-state index is 11.0. The van der Waals surface area contributed by atoms with Crippen molar-refractivity contribution in [1.29, 1.82) is 0 Å². The molecular formula is C15H23ClN2O5. The van der Waals surface area contributed by atoms with Crippen LogP contribution in [-0.2, 0) is 0 Å². The van der Waals surface area contributed by atoms with Crippen molar-refractivity contribution in [3.05, 3.63) is 27.8 Å². The number of aromatic hydroxyl groups is 1. The fraction of sp³-hybridized carbons (Fsp3) is 0.600. The number of hydrogen-bond donors (Lipinski definition) is 3. The quantitative estimate of drug-likeness (QED) is 0.557. The number of benzene rings is 1. The predicted octanol–water partition coefficient (Wildman–Crippen LogP) is 2.67. The highest BCUT2D eigenvalue weighted by atomic mass is 35.5. The second kappa shape index (κ2) is 8.33. The molecule has 0 saturated heterocycles. The van der Waals surface area contributed by atoms with Gasteiger partial charge in [0.25, 0.3) is 5.69 Å². The normalized spacial score (nSPS) is 17.9. The van der Waals surface area contributed by atoms with Gasteiger partial charge in [0.05, 0.1) is 30.2 Å². The Labute approximate surface area is 141 Å². The van der Waals surface area contributed by atoms with Crippen LogP contribution in [0.2, 0.25) is 0 Å². The van der Waals surface area contributed by atoms with E-state index in [1.54, 1.807) is 0 Å². The minimum atomic E-state index is -0.892. The summed E-state index contributed by atoms with van der Waals surface area (Å²) in [6.07, 6.45) is 4.13. The lowest BCUT2D eigenvalue weighted by Gasteiger charge is -2.30. The van der Waals surface area contributed by atoms with E-state index in [0.29, 0.717) is 0 Å². The van der Waals surface area contributed by atoms with E-state index in [1.165, 1.54) is 13.2 Å². The van der Waals surface area contributed by atoms with Gasteiger partial charge in [0.2, 0.25) is 0 Å². The number of ether oxygens (including phenoxy) is 1. The van der Waals surface area contributed by atoms with Crippen molar-refractivity contribution >= 4 is 18.1 Å². The Hall–Kier alpha value is -1.57. The molecule has 4 N–H and O–H groups in total. The number of hydrogen-bond acceptors (Lipinski definition) is 6. The standard InChI is InChI=1S/C15H22N2O5.ClH/c1-22-12-8-10(17(20)21)7-11(15(12)19)13(16)14(18)9-5-3-2-4-6-9;/h7-9,13-14,18-19H,2-6,16H2,1H3;1H/t13-,14+;/m0./s1. The van der Waals surface area contributed by atoms with E-state index in [2.05, 4.69) is 0 Å². The predicted molar refractivity (Wildman–Crippen MR) is 88.1 cm³/mol. The van der Waals surface area contributed by atoms with Crippen molar-refractivity contribution in [2.75, 3.05) is 7.11 Å². The molecule has 0 aliphatic heterocycles. The zero-order valence-electron chi connectivity index (χ0n) is 13.0. The van der Waals surface area contributed by atoms with E-state index >= 15 is 0 Å². The molecule has 0 amide bonds. The van der Waals surface area contributed by atoms with E-state index in [1.807, 2.05) is 0 Å². The van der Waals surface area contributed by atoms with Gasteiger partial charge < -0.3 is 20.7 Å². The molecule has 0 heterocycles. The SMILES string of the molecule is COc1cc([N+](=O)[O-])cc([C@H](N)[C@H](O)C2CCCCC2)c1O.Cl. The first-order valence-electron chi connectivity index (χ1n) is 7.44. The van der Waals surface area contributed by atoms with Gasteiger partial charge in [0.15, 0.2) is 11.5 Å². The number of nitro benzene ring substituents is 1. The zero-order valence-corrected chi connectivity index (χ0v) is 13.8. The average molecular weight is 347 g/mol. The molecule has 0 spiro atoms. The fourth-order valence-corrected chi connectivity index (χ4v) is 3.08. The highest BCUT2D eigenvalue weighted by Gasteiger charge is 2.31. The van der Waals surface area contributed by atoms with Crippen LogP contribution < -0.4 is 10.5 Å². The molecule has 0 aromatic heterocycles. The van der Waals surface area contributed by atoms with Gasteiger partial charge >= 0.3 is 0 Å². The average Bonchev–Trinajstić information content (AvgIpc) is 2.54. The maximum absolute atomic E-state index is 11.0. The summed E-state index contributed by atoms with van der Waals surface area (Å²) in [5.74, 6) is -0.223. The molecule has 0 radical (unpaired) electrons. The van der Waals surface area contributed by atoms with Crippen molar-refractivity contribution in [3.63, 3.8) is 0 Å². The molecule has 8 heteroatoms. The molecule has 130 valence electrons. The Kier molecular flexibility index (Phi) is 7.05. The summed E-state index contributed by atoms with van der Waals surface area (Å²) >= 11 is 0. The van der Waals surface area contributed by atoms with Crippen LogP contribution in [0.15, 0.2) is 12.1 Å². The molecule has 23 heavy (non-hydrogen) atoms. The van der Waals surface area contributed by atoms with Crippen molar-refractivity contribution in [1.82, 2.24) is 0 Å². The number of halogens is 1. The van der Waals surface area contributed by atoms with Gasteiger partial charge in [-0.15, -0.1) is 12.4 Å². The third kappa shape index (κ3) is 4.25. The van der Waals surface area contributed by atoms with E-state index < -0.39 is 17.1 Å². The Morgan fingerprint density at radius 3 is 2.48 bits per heavy atom. The highest BCUT2D eigenvalue weighted by Crippen LogP contribution is 2.40. The van der Waals surface area contributed by atoms with Crippen molar-refractivity contribution in [2.45, 2.75) is 44.2 Å². The number of methoxy groups -OCH3 is 1. The van der Waals surface area contributed by atoms with Gasteiger partial charge in [-0.2, -0.15) is 0 Å². The van der Waals surface area contributed by atoms with Crippen molar-refractivity contribution in [2.24, 2.45) is 11.7 Å². The molecule has 1 saturated carbocycles. The number of aliphatic hydroxyl groups is 1. The summed E-state index contributed by atoms with van der Waals surface area (Å²) in [7, 11) is 1.31. The molecule has 1 aromatic carbocycles. The smallest absolute Gasteiger partial charge is 0.273 e. The Morgan fingerprint density at radius 2 is 1.96 bits per heavy atom. The molecular weight excluding hydrogens is 324 g/mol. The topological polar surface area (TPSA) is 119 Å². The minimum absolute atomic E-state index is 0. The number of phenols is 1. The lowest BCUT2D eigenvalue weighted by molar-refractivity contribution is -0.385. The van der Waals surface area contributed by atoms with E-state index in [-0.39, 0.29) is 41.1 Å². The van der Waals surface area contributed by atoms with Gasteiger partial charge in [-0.1, -0.05) is 19.3 Å². The molecule has 1 fully saturated rings. The summed E-state index contributed by atoms with van der Waals surface area (Å²) in [5.41, 5.74) is 5.99. The zero-order chi connectivity index (χ0) is 16.3. The summed E-state index contributed by atoms with van der Waals surface area (Å²) in [6, 6.07) is 1.45. The van der Waals surface area contributed by atoms with Crippen LogP contribution in [0, 0.1) is 16.0 Å². The molecule has 1 aromatic rings. The highest BCUT2D eigenvalue weighted by molar-refractivity contribution is 5.85. The third-order valence-electron chi connectivity index (χ3n) is 4.38. The largest absolute Gasteiger partial charge is 0.504 e. The van der Waals surface area contributed by atoms with E-state index in [0.717, 1.165) is 38.2 Å². The molecule has 0 unspecified atom stereocenters. The first kappa shape index (κ1) is 19.5. The molecule has 7 nitrogen and oxygen atoms in total. The van der Waals surface area contributed by atoms with Crippen LogP contribution in [0.4, 0.5) is 5.69 Å². The summed E-state index contributed by atoms with van der Waals surface area (Å²) in [5, 5.41) is 31.6. The number of nitrogens with zero attached hydrogens (tertiary/aromatic N) is 1. The Morgan fingerprint density at radius 1 is 1.35 bits per heavy atom. The molecule has 2 atom stereocenters. The third-order valence-corrected chi connectivity index (χ3v) is 4.38. The first-order chi connectivity index (χ1) is 10.5. The maximum Gasteiger partial charge on any atom is 0.273 e. The molecule has 1 aliphatic rings. The Balaban J connectivity index is 0.00000264. The monoisotopic (exact) mass is 346 g/mol. The van der Waals surface area contributed by atoms with Crippen LogP contribution in [0.1, 0.15) is 43.7 Å². The second-order valence-corrected chi connectivity index (χ2v) is 5.76. The number of phenolic OH excluding ortho intramolecular Hbond substituents is 1. The second-order valence-electron chi connectivity index (χ2n) is 5.76. The summed E-state index contributed by atoms with van der Waals surface area (Å²) in [4.78, 5) is 10.4. The number of nitro groups is 1. The minimum Gasteiger partial charge on any atom is -0.504 e. The van der Waals surface area contributed by atoms with E-state index in [4.69, 9.17) is 10.5 Å². The lowest BCUT2D eigenvalue weighted by Crippen LogP contribution is -2.34. The van der Waals surface area contributed by atoms with Crippen LogP contribution in [0.3, 0.4) is 0 Å². The molecule has 1 aliphatic carbocycles. The number of aliphatic hydroxyl groups excluding tert-OH is 1. The summed E-state index contributed by atoms with van der Waals surface area (Å²) < 4.78 is 4.96. The van der Waals surface area contributed by atoms with Crippen LogP contribution >= 0.6 is 12.4 Å². The number of rotatable bonds is 5. The van der Waals surface area contributed by atoms with Gasteiger partial charge in [0.1, 0.15) is 0 Å². The van der Waals surface area contributed by atoms with Crippen LogP contribution in [-0.4, -0.2) is 28.4 Å².